The van der Waals surface area contributed by atoms with E-state index in [0.29, 0.717) is 5.56 Å². The number of amides is 3. The van der Waals surface area contributed by atoms with Crippen LogP contribution in [0.25, 0.3) is 0 Å². The van der Waals surface area contributed by atoms with Crippen molar-refractivity contribution in [1.29, 1.82) is 5.26 Å². The van der Waals surface area contributed by atoms with Gasteiger partial charge in [0, 0.05) is 5.56 Å². The Kier molecular flexibility index (Phi) is 3.99. The molecule has 2 aromatic rings. The van der Waals surface area contributed by atoms with Gasteiger partial charge >= 0.3 is 6.03 Å². The maximum Gasteiger partial charge on any atom is 0.327 e. The zero-order chi connectivity index (χ0) is 14.4. The number of hydrogen-bond donors (Lipinski definition) is 2. The number of imide groups is 1. The Morgan fingerprint density at radius 1 is 1.20 bits per heavy atom. The lowest BCUT2D eigenvalue weighted by molar-refractivity contribution is 0.0967. The summed E-state index contributed by atoms with van der Waals surface area (Å²) < 4.78 is 0. The summed E-state index contributed by atoms with van der Waals surface area (Å²) in [5.74, 6) is -0.503. The topological polar surface area (TPSA) is 108 Å². The second-order valence-electron chi connectivity index (χ2n) is 3.67. The van der Waals surface area contributed by atoms with Crippen LogP contribution in [0.1, 0.15) is 15.9 Å². The molecule has 0 saturated carbocycles. The summed E-state index contributed by atoms with van der Waals surface area (Å²) >= 11 is 0. The van der Waals surface area contributed by atoms with E-state index in [-0.39, 0.29) is 11.4 Å². The maximum atomic E-state index is 11.7. The molecule has 7 nitrogen and oxygen atoms in total. The Hall–Kier alpha value is -3.27. The van der Waals surface area contributed by atoms with Gasteiger partial charge < -0.3 is 0 Å². The molecule has 1 aromatic carbocycles. The molecule has 98 valence electrons. The van der Waals surface area contributed by atoms with Crippen LogP contribution in [-0.2, 0) is 0 Å². The molecule has 0 saturated heterocycles. The minimum absolute atomic E-state index is 0.0425. The molecule has 0 radical (unpaired) electrons. The molecule has 0 unspecified atom stereocenters. The fraction of sp³-hybridized carbons (Fsp3) is 0. The molecule has 7 heteroatoms. The van der Waals surface area contributed by atoms with Gasteiger partial charge in [0.15, 0.2) is 5.82 Å². The summed E-state index contributed by atoms with van der Waals surface area (Å²) in [5, 5.41) is 13.3. The number of carbonyl (C=O) groups excluding carboxylic acids is 2. The molecule has 0 spiro atoms. The number of aromatic nitrogens is 2. The van der Waals surface area contributed by atoms with E-state index in [1.165, 1.54) is 12.5 Å². The fourth-order valence-corrected chi connectivity index (χ4v) is 1.41. The molecule has 0 aliphatic carbocycles. The molecule has 0 aliphatic heterocycles. The molecule has 20 heavy (non-hydrogen) atoms. The van der Waals surface area contributed by atoms with Gasteiger partial charge in [-0.3, -0.25) is 15.4 Å². The van der Waals surface area contributed by atoms with E-state index < -0.39 is 11.9 Å². The SMILES string of the molecule is N#Cc1cncnc1NC(=O)NC(=O)c1ccccc1. The van der Waals surface area contributed by atoms with Crippen LogP contribution >= 0.6 is 0 Å². The lowest BCUT2D eigenvalue weighted by Gasteiger charge is -2.06. The van der Waals surface area contributed by atoms with Gasteiger partial charge in [-0.1, -0.05) is 18.2 Å². The number of benzene rings is 1. The Balaban J connectivity index is 2.03. The van der Waals surface area contributed by atoms with Crippen LogP contribution in [0.5, 0.6) is 0 Å². The van der Waals surface area contributed by atoms with Crippen LogP contribution in [-0.4, -0.2) is 21.9 Å². The number of rotatable bonds is 2. The van der Waals surface area contributed by atoms with Gasteiger partial charge in [0.1, 0.15) is 18.0 Å². The second kappa shape index (κ2) is 6.06. The monoisotopic (exact) mass is 267 g/mol. The van der Waals surface area contributed by atoms with Crippen molar-refractivity contribution in [3.8, 4) is 6.07 Å². The highest BCUT2D eigenvalue weighted by atomic mass is 16.2. The molecule has 0 fully saturated rings. The predicted molar refractivity (Wildman–Crippen MR) is 69.7 cm³/mol. The van der Waals surface area contributed by atoms with Crippen molar-refractivity contribution in [2.24, 2.45) is 0 Å². The van der Waals surface area contributed by atoms with Gasteiger partial charge in [-0.25, -0.2) is 14.8 Å². The third-order valence-electron chi connectivity index (χ3n) is 2.33. The summed E-state index contributed by atoms with van der Waals surface area (Å²) in [6, 6.07) is 9.35. The second-order valence-corrected chi connectivity index (χ2v) is 3.67. The van der Waals surface area contributed by atoms with E-state index in [0.717, 1.165) is 0 Å². The largest absolute Gasteiger partial charge is 0.327 e. The Bertz CT molecular complexity index is 679. The van der Waals surface area contributed by atoms with Crippen LogP contribution in [0.3, 0.4) is 0 Å². The third kappa shape index (κ3) is 3.14. The number of nitriles is 1. The van der Waals surface area contributed by atoms with Crippen LogP contribution in [0, 0.1) is 11.3 Å². The molecule has 3 amide bonds. The zero-order valence-electron chi connectivity index (χ0n) is 10.2. The van der Waals surface area contributed by atoms with Crippen molar-refractivity contribution in [2.45, 2.75) is 0 Å². The molecule has 0 atom stereocenters. The normalized spacial score (nSPS) is 9.35. The van der Waals surface area contributed by atoms with Crippen LogP contribution < -0.4 is 10.6 Å². The van der Waals surface area contributed by atoms with Crippen molar-refractivity contribution in [3.05, 3.63) is 54.0 Å². The van der Waals surface area contributed by atoms with Crippen LogP contribution in [0.4, 0.5) is 10.6 Å². The first-order valence-corrected chi connectivity index (χ1v) is 5.58. The van der Waals surface area contributed by atoms with Crippen molar-refractivity contribution in [2.75, 3.05) is 5.32 Å². The molecule has 1 heterocycles. The smallest absolute Gasteiger partial charge is 0.291 e. The summed E-state index contributed by atoms with van der Waals surface area (Å²) in [5.41, 5.74) is 0.459. The average molecular weight is 267 g/mol. The van der Waals surface area contributed by atoms with Crippen LogP contribution in [0.2, 0.25) is 0 Å². The van der Waals surface area contributed by atoms with E-state index in [2.05, 4.69) is 20.6 Å². The standard InChI is InChI=1S/C13H9N5O2/c14-6-10-7-15-8-16-11(10)17-13(20)18-12(19)9-4-2-1-3-5-9/h1-5,7-8H,(H2,15,16,17,18,19,20). The molecular formula is C13H9N5O2. The number of nitrogens with one attached hydrogen (secondary N) is 2. The Labute approximate surface area is 114 Å². The minimum Gasteiger partial charge on any atom is -0.291 e. The van der Waals surface area contributed by atoms with Crippen LogP contribution in [0.15, 0.2) is 42.9 Å². The van der Waals surface area contributed by atoms with Gasteiger partial charge in [-0.2, -0.15) is 5.26 Å². The van der Waals surface area contributed by atoms with Crippen molar-refractivity contribution >= 4 is 17.8 Å². The molecule has 0 aliphatic rings. The van der Waals surface area contributed by atoms with Gasteiger partial charge in [0.25, 0.3) is 5.91 Å². The van der Waals surface area contributed by atoms with E-state index in [4.69, 9.17) is 5.26 Å². The average Bonchev–Trinajstić information content (AvgIpc) is 2.48. The number of urea groups is 1. The van der Waals surface area contributed by atoms with Crippen molar-refractivity contribution in [1.82, 2.24) is 15.3 Å². The summed E-state index contributed by atoms with van der Waals surface area (Å²) in [6.07, 6.45) is 2.46. The summed E-state index contributed by atoms with van der Waals surface area (Å²) in [7, 11) is 0. The lowest BCUT2D eigenvalue weighted by Crippen LogP contribution is -2.34. The Morgan fingerprint density at radius 2 is 1.95 bits per heavy atom. The summed E-state index contributed by atoms with van der Waals surface area (Å²) in [4.78, 5) is 30.8. The molecular weight excluding hydrogens is 258 g/mol. The molecule has 1 aromatic heterocycles. The molecule has 2 rings (SSSR count). The highest BCUT2D eigenvalue weighted by molar-refractivity contribution is 6.07. The first-order valence-electron chi connectivity index (χ1n) is 5.58. The first-order chi connectivity index (χ1) is 9.70. The number of anilines is 1. The maximum absolute atomic E-state index is 11.7. The minimum atomic E-state index is -0.769. The van der Waals surface area contributed by atoms with Crippen molar-refractivity contribution in [3.63, 3.8) is 0 Å². The highest BCUT2D eigenvalue weighted by Gasteiger charge is 2.12. The number of carbonyl (C=O) groups is 2. The van der Waals surface area contributed by atoms with E-state index >= 15 is 0 Å². The van der Waals surface area contributed by atoms with E-state index in [9.17, 15) is 9.59 Å². The van der Waals surface area contributed by atoms with Gasteiger partial charge in [0.05, 0.1) is 6.20 Å². The third-order valence-corrected chi connectivity index (χ3v) is 2.33. The fourth-order valence-electron chi connectivity index (χ4n) is 1.41. The Morgan fingerprint density at radius 3 is 2.65 bits per heavy atom. The zero-order valence-corrected chi connectivity index (χ0v) is 10.2. The van der Waals surface area contributed by atoms with E-state index in [1.54, 1.807) is 30.3 Å². The van der Waals surface area contributed by atoms with Crippen molar-refractivity contribution < 1.29 is 9.59 Å². The quantitative estimate of drug-likeness (QED) is 0.852. The molecule has 0 bridgehead atoms. The highest BCUT2D eigenvalue weighted by Crippen LogP contribution is 2.07. The van der Waals surface area contributed by atoms with E-state index in [1.807, 2.05) is 6.07 Å². The van der Waals surface area contributed by atoms with Gasteiger partial charge in [0.2, 0.25) is 0 Å². The van der Waals surface area contributed by atoms with Gasteiger partial charge in [-0.15, -0.1) is 0 Å². The van der Waals surface area contributed by atoms with Gasteiger partial charge in [-0.05, 0) is 12.1 Å². The first kappa shape index (κ1) is 13.2. The number of nitrogens with zero attached hydrogens (tertiary/aromatic N) is 3. The predicted octanol–water partition coefficient (Wildman–Crippen LogP) is 1.31. The summed E-state index contributed by atoms with van der Waals surface area (Å²) in [6.45, 7) is 0. The number of hydrogen-bond acceptors (Lipinski definition) is 5. The lowest BCUT2D eigenvalue weighted by atomic mass is 10.2. The molecule has 2 N–H and O–H groups in total.